The molecule has 3 N–H and O–H groups in total. The second kappa shape index (κ2) is 6.61. The first kappa shape index (κ1) is 16.0. The minimum Gasteiger partial charge on any atom is -0.370 e. The second-order valence-corrected chi connectivity index (χ2v) is 6.54. The van der Waals surface area contributed by atoms with Gasteiger partial charge in [-0.3, -0.25) is 4.72 Å². The fourth-order valence-corrected chi connectivity index (χ4v) is 2.45. The van der Waals surface area contributed by atoms with Gasteiger partial charge < -0.3 is 10.6 Å². The summed E-state index contributed by atoms with van der Waals surface area (Å²) in [6.45, 7) is 4.60. The molecule has 0 aliphatic heterocycles. The molecule has 8 heteroatoms. The van der Waals surface area contributed by atoms with Crippen LogP contribution in [0, 0.1) is 6.92 Å². The van der Waals surface area contributed by atoms with Gasteiger partial charge in [-0.15, -0.1) is 0 Å². The maximum absolute atomic E-state index is 11.2. The number of sulfonamides is 1. The summed E-state index contributed by atoms with van der Waals surface area (Å²) in [4.78, 5) is 8.60. The Hall–Kier alpha value is -2.35. The molecule has 1 aromatic heterocycles. The molecule has 0 fully saturated rings. The molecule has 2 aromatic rings. The Balaban J connectivity index is 2.14. The Bertz CT molecular complexity index is 744. The lowest BCUT2D eigenvalue weighted by Gasteiger charge is -2.10. The highest BCUT2D eigenvalue weighted by atomic mass is 32.2. The quantitative estimate of drug-likeness (QED) is 0.756. The molecule has 1 aromatic carbocycles. The van der Waals surface area contributed by atoms with Crippen LogP contribution in [0.2, 0.25) is 0 Å². The first-order chi connectivity index (χ1) is 10.4. The molecule has 0 aliphatic carbocycles. The van der Waals surface area contributed by atoms with Crippen LogP contribution in [0.15, 0.2) is 30.3 Å². The Morgan fingerprint density at radius 2 is 1.64 bits per heavy atom. The minimum absolute atomic E-state index is 0.514. The van der Waals surface area contributed by atoms with Gasteiger partial charge in [0, 0.05) is 24.0 Å². The van der Waals surface area contributed by atoms with Gasteiger partial charge >= 0.3 is 0 Å². The summed E-state index contributed by atoms with van der Waals surface area (Å²) in [5.41, 5.74) is 1.32. The van der Waals surface area contributed by atoms with Gasteiger partial charge in [0.15, 0.2) is 0 Å². The summed E-state index contributed by atoms with van der Waals surface area (Å²) in [6.07, 6.45) is 1.12. The van der Waals surface area contributed by atoms with Crippen LogP contribution < -0.4 is 15.4 Å². The van der Waals surface area contributed by atoms with E-state index in [1.54, 1.807) is 24.3 Å². The van der Waals surface area contributed by atoms with Crippen molar-refractivity contribution in [1.82, 2.24) is 9.97 Å². The Kier molecular flexibility index (Phi) is 4.81. The molecule has 2 rings (SSSR count). The van der Waals surface area contributed by atoms with Crippen LogP contribution in [-0.4, -0.2) is 31.2 Å². The molecule has 118 valence electrons. The molecule has 0 amide bonds. The van der Waals surface area contributed by atoms with Gasteiger partial charge in [-0.05, 0) is 38.1 Å². The van der Waals surface area contributed by atoms with Crippen LogP contribution in [0.5, 0.6) is 0 Å². The minimum atomic E-state index is -3.27. The Morgan fingerprint density at radius 3 is 2.23 bits per heavy atom. The molecule has 0 bridgehead atoms. The van der Waals surface area contributed by atoms with E-state index in [9.17, 15) is 8.42 Å². The summed E-state index contributed by atoms with van der Waals surface area (Å²) < 4.78 is 24.7. The zero-order valence-electron chi connectivity index (χ0n) is 12.7. The molecule has 0 aliphatic rings. The van der Waals surface area contributed by atoms with E-state index < -0.39 is 10.0 Å². The smallest absolute Gasteiger partial charge is 0.229 e. The van der Waals surface area contributed by atoms with Gasteiger partial charge in [0.2, 0.25) is 10.0 Å². The van der Waals surface area contributed by atoms with Crippen molar-refractivity contribution in [1.29, 1.82) is 0 Å². The monoisotopic (exact) mass is 321 g/mol. The van der Waals surface area contributed by atoms with E-state index in [2.05, 4.69) is 25.3 Å². The van der Waals surface area contributed by atoms with Gasteiger partial charge in [-0.25, -0.2) is 18.4 Å². The second-order valence-electron chi connectivity index (χ2n) is 4.79. The van der Waals surface area contributed by atoms with Gasteiger partial charge in [-0.2, -0.15) is 0 Å². The third-order valence-corrected chi connectivity index (χ3v) is 3.26. The summed E-state index contributed by atoms with van der Waals surface area (Å²) in [6, 6.07) is 8.74. The maximum atomic E-state index is 11.2. The largest absolute Gasteiger partial charge is 0.370 e. The van der Waals surface area contributed by atoms with Crippen molar-refractivity contribution in [2.24, 2.45) is 0 Å². The van der Waals surface area contributed by atoms with Gasteiger partial charge in [-0.1, -0.05) is 0 Å². The van der Waals surface area contributed by atoms with Crippen molar-refractivity contribution in [2.75, 3.05) is 28.2 Å². The highest BCUT2D eigenvalue weighted by Crippen LogP contribution is 2.19. The SMILES string of the molecule is CCNc1cc(Nc2ccc(NS(C)(=O)=O)cc2)nc(C)n1. The number of aryl methyl sites for hydroxylation is 1. The van der Waals surface area contributed by atoms with Gasteiger partial charge in [0.1, 0.15) is 17.5 Å². The molecule has 22 heavy (non-hydrogen) atoms. The summed E-state index contributed by atoms with van der Waals surface area (Å²) in [7, 11) is -3.27. The molecule has 0 saturated carbocycles. The fourth-order valence-electron chi connectivity index (χ4n) is 1.89. The highest BCUT2D eigenvalue weighted by Gasteiger charge is 2.04. The molecule has 7 nitrogen and oxygen atoms in total. The lowest BCUT2D eigenvalue weighted by molar-refractivity contribution is 0.607. The van der Waals surface area contributed by atoms with Crippen molar-refractivity contribution < 1.29 is 8.42 Å². The molecule has 0 atom stereocenters. The summed E-state index contributed by atoms with van der Waals surface area (Å²) >= 11 is 0. The van der Waals surface area contributed by atoms with Crippen LogP contribution in [0.3, 0.4) is 0 Å². The topological polar surface area (TPSA) is 96.0 Å². The molecule has 0 radical (unpaired) electrons. The number of aromatic nitrogens is 2. The third kappa shape index (κ3) is 4.88. The number of hydrogen-bond acceptors (Lipinski definition) is 6. The normalized spacial score (nSPS) is 11.0. The molecular weight excluding hydrogens is 302 g/mol. The van der Waals surface area contributed by atoms with E-state index in [4.69, 9.17) is 0 Å². The molecular formula is C14H19N5O2S. The number of benzene rings is 1. The fraction of sp³-hybridized carbons (Fsp3) is 0.286. The van der Waals surface area contributed by atoms with Crippen LogP contribution in [0.4, 0.5) is 23.0 Å². The number of nitrogens with one attached hydrogen (secondary N) is 3. The van der Waals surface area contributed by atoms with Gasteiger partial charge in [0.05, 0.1) is 6.26 Å². The summed E-state index contributed by atoms with van der Waals surface area (Å²) in [5.74, 6) is 2.09. The molecule has 0 unspecified atom stereocenters. The first-order valence-electron chi connectivity index (χ1n) is 6.80. The van der Waals surface area contributed by atoms with Crippen LogP contribution in [-0.2, 0) is 10.0 Å². The standard InChI is InChI=1S/C14H19N5O2S/c1-4-15-13-9-14(17-10(2)16-13)18-11-5-7-12(8-6-11)19-22(3,20)21/h5-9,19H,4H2,1-3H3,(H2,15,16,17,18). The van der Waals surface area contributed by atoms with Crippen LogP contribution >= 0.6 is 0 Å². The lowest BCUT2D eigenvalue weighted by Crippen LogP contribution is -2.09. The first-order valence-corrected chi connectivity index (χ1v) is 8.69. The number of anilines is 4. The van der Waals surface area contributed by atoms with E-state index in [-0.39, 0.29) is 0 Å². The Labute approximate surface area is 130 Å². The van der Waals surface area contributed by atoms with E-state index in [0.29, 0.717) is 17.3 Å². The molecule has 0 spiro atoms. The zero-order chi connectivity index (χ0) is 16.2. The number of nitrogens with zero attached hydrogens (tertiary/aromatic N) is 2. The molecule has 1 heterocycles. The van der Waals surface area contributed by atoms with Crippen LogP contribution in [0.1, 0.15) is 12.7 Å². The number of rotatable bonds is 6. The van der Waals surface area contributed by atoms with Crippen molar-refractivity contribution in [2.45, 2.75) is 13.8 Å². The molecule has 0 saturated heterocycles. The zero-order valence-corrected chi connectivity index (χ0v) is 13.5. The van der Waals surface area contributed by atoms with Crippen molar-refractivity contribution in [3.63, 3.8) is 0 Å². The van der Waals surface area contributed by atoms with E-state index in [1.807, 2.05) is 19.9 Å². The van der Waals surface area contributed by atoms with Crippen molar-refractivity contribution in [3.8, 4) is 0 Å². The van der Waals surface area contributed by atoms with E-state index in [1.165, 1.54) is 0 Å². The summed E-state index contributed by atoms with van der Waals surface area (Å²) in [5, 5.41) is 6.31. The average molecular weight is 321 g/mol. The van der Waals surface area contributed by atoms with E-state index in [0.717, 1.165) is 24.3 Å². The predicted octanol–water partition coefficient (Wildman–Crippen LogP) is 2.33. The van der Waals surface area contributed by atoms with Crippen molar-refractivity contribution >= 4 is 33.0 Å². The predicted molar refractivity (Wildman–Crippen MR) is 89.1 cm³/mol. The highest BCUT2D eigenvalue weighted by molar-refractivity contribution is 7.92. The maximum Gasteiger partial charge on any atom is 0.229 e. The average Bonchev–Trinajstić information content (AvgIpc) is 2.39. The van der Waals surface area contributed by atoms with Crippen molar-refractivity contribution in [3.05, 3.63) is 36.2 Å². The Morgan fingerprint density at radius 1 is 1.05 bits per heavy atom. The lowest BCUT2D eigenvalue weighted by atomic mass is 10.3. The van der Waals surface area contributed by atoms with Gasteiger partial charge in [0.25, 0.3) is 0 Å². The third-order valence-electron chi connectivity index (χ3n) is 2.66. The van der Waals surface area contributed by atoms with Crippen LogP contribution in [0.25, 0.3) is 0 Å². The number of hydrogen-bond donors (Lipinski definition) is 3. The van der Waals surface area contributed by atoms with E-state index >= 15 is 0 Å².